The molecule has 0 bridgehead atoms. The lowest BCUT2D eigenvalue weighted by molar-refractivity contribution is -0.137. The van der Waals surface area contributed by atoms with E-state index in [9.17, 15) is 18.3 Å². The summed E-state index contributed by atoms with van der Waals surface area (Å²) >= 11 is 0. The van der Waals surface area contributed by atoms with E-state index in [2.05, 4.69) is 25.5 Å². The number of pyridine rings is 1. The molecule has 0 spiro atoms. The molecular formula is C22H29F3IN5O. The third-order valence-corrected chi connectivity index (χ3v) is 5.16. The van der Waals surface area contributed by atoms with Crippen LogP contribution in [0.3, 0.4) is 0 Å². The average Bonchev–Trinajstić information content (AvgIpc) is 3.19. The summed E-state index contributed by atoms with van der Waals surface area (Å²) < 4.78 is 38.1. The first kappa shape index (κ1) is 26.3. The van der Waals surface area contributed by atoms with E-state index in [0.29, 0.717) is 19.0 Å². The van der Waals surface area contributed by atoms with Gasteiger partial charge in [0, 0.05) is 44.6 Å². The van der Waals surface area contributed by atoms with Gasteiger partial charge in [0.25, 0.3) is 0 Å². The van der Waals surface area contributed by atoms with Crippen LogP contribution in [-0.2, 0) is 12.7 Å². The number of alkyl halides is 3. The van der Waals surface area contributed by atoms with Crippen LogP contribution in [0, 0.1) is 0 Å². The molecule has 1 aliphatic rings. The van der Waals surface area contributed by atoms with E-state index in [-0.39, 0.29) is 36.6 Å². The molecule has 1 aliphatic heterocycles. The zero-order chi connectivity index (χ0) is 22.3. The average molecular weight is 563 g/mol. The van der Waals surface area contributed by atoms with Crippen LogP contribution >= 0.6 is 24.0 Å². The Balaban J connectivity index is 0.00000363. The van der Waals surface area contributed by atoms with Gasteiger partial charge >= 0.3 is 6.18 Å². The number of hydrogen-bond acceptors (Lipinski definition) is 4. The second-order valence-corrected chi connectivity index (χ2v) is 7.58. The number of hydrogen-bond donors (Lipinski definition) is 3. The Morgan fingerprint density at radius 2 is 1.91 bits per heavy atom. The van der Waals surface area contributed by atoms with Gasteiger partial charge in [-0.15, -0.1) is 24.0 Å². The molecule has 2 atom stereocenters. The topological polar surface area (TPSA) is 72.8 Å². The molecule has 3 rings (SSSR count). The zero-order valence-corrected chi connectivity index (χ0v) is 20.2. The summed E-state index contributed by atoms with van der Waals surface area (Å²) in [6, 6.07) is 9.03. The first-order valence-electron chi connectivity index (χ1n) is 10.4. The summed E-state index contributed by atoms with van der Waals surface area (Å²) in [5, 5.41) is 16.9. The molecule has 10 heteroatoms. The Labute approximate surface area is 203 Å². The van der Waals surface area contributed by atoms with Crippen molar-refractivity contribution in [2.45, 2.75) is 38.2 Å². The smallest absolute Gasteiger partial charge is 0.386 e. The summed E-state index contributed by atoms with van der Waals surface area (Å²) in [6.07, 6.45) is -0.852. The molecule has 1 fully saturated rings. The lowest BCUT2D eigenvalue weighted by Gasteiger charge is -2.19. The fourth-order valence-corrected chi connectivity index (χ4v) is 3.53. The van der Waals surface area contributed by atoms with Crippen molar-refractivity contribution < 1.29 is 18.3 Å². The number of aliphatic hydroxyl groups is 1. The molecular weight excluding hydrogens is 534 g/mol. The Morgan fingerprint density at radius 1 is 1.22 bits per heavy atom. The lowest BCUT2D eigenvalue weighted by Crippen LogP contribution is -2.44. The molecule has 32 heavy (non-hydrogen) atoms. The molecule has 0 radical (unpaired) electrons. The fraction of sp³-hybridized carbons (Fsp3) is 0.455. The van der Waals surface area contributed by atoms with Crippen LogP contribution in [0.2, 0.25) is 0 Å². The van der Waals surface area contributed by atoms with E-state index in [1.165, 1.54) is 12.1 Å². The number of rotatable bonds is 7. The van der Waals surface area contributed by atoms with Crippen molar-refractivity contribution in [3.63, 3.8) is 0 Å². The fourth-order valence-electron chi connectivity index (χ4n) is 3.53. The van der Waals surface area contributed by atoms with Gasteiger partial charge in [-0.1, -0.05) is 12.1 Å². The van der Waals surface area contributed by atoms with Crippen LogP contribution in [0.4, 0.5) is 13.2 Å². The van der Waals surface area contributed by atoms with E-state index in [0.717, 1.165) is 42.8 Å². The monoisotopic (exact) mass is 563 g/mol. The number of likely N-dealkylation sites (tertiary alicyclic amines) is 1. The quantitative estimate of drug-likeness (QED) is 0.273. The molecule has 1 aromatic carbocycles. The van der Waals surface area contributed by atoms with Gasteiger partial charge in [0.1, 0.15) is 0 Å². The van der Waals surface area contributed by atoms with Crippen molar-refractivity contribution in [3.05, 3.63) is 65.5 Å². The van der Waals surface area contributed by atoms with Gasteiger partial charge in [-0.3, -0.25) is 14.9 Å². The summed E-state index contributed by atoms with van der Waals surface area (Å²) in [5.74, 6) is 0.636. The minimum atomic E-state index is -4.31. The predicted molar refractivity (Wildman–Crippen MR) is 129 cm³/mol. The van der Waals surface area contributed by atoms with Crippen LogP contribution in [0.1, 0.15) is 36.1 Å². The maximum atomic E-state index is 12.7. The number of nitrogens with zero attached hydrogens (tertiary/aromatic N) is 3. The third-order valence-electron chi connectivity index (χ3n) is 5.16. The van der Waals surface area contributed by atoms with Gasteiger partial charge in [-0.05, 0) is 48.7 Å². The molecule has 176 valence electrons. The van der Waals surface area contributed by atoms with E-state index in [1.54, 1.807) is 24.5 Å². The minimum absolute atomic E-state index is 0. The summed E-state index contributed by atoms with van der Waals surface area (Å²) in [5.41, 5.74) is 0.991. The highest BCUT2D eigenvalue weighted by molar-refractivity contribution is 14.0. The highest BCUT2D eigenvalue weighted by Crippen LogP contribution is 2.29. The van der Waals surface area contributed by atoms with E-state index in [4.69, 9.17) is 0 Å². The summed E-state index contributed by atoms with van der Waals surface area (Å²) in [6.45, 7) is 5.10. The number of nitrogens with one attached hydrogen (secondary N) is 2. The van der Waals surface area contributed by atoms with E-state index < -0.39 is 17.8 Å². The molecule has 3 N–H and O–H groups in total. The number of guanidine groups is 1. The predicted octanol–water partition coefficient (Wildman–Crippen LogP) is 3.58. The van der Waals surface area contributed by atoms with Gasteiger partial charge in [0.2, 0.25) is 0 Å². The highest BCUT2D eigenvalue weighted by atomic mass is 127. The summed E-state index contributed by atoms with van der Waals surface area (Å²) in [7, 11) is 0. The second-order valence-electron chi connectivity index (χ2n) is 7.58. The molecule has 1 saturated heterocycles. The van der Waals surface area contributed by atoms with Gasteiger partial charge in [-0.2, -0.15) is 13.2 Å². The van der Waals surface area contributed by atoms with Gasteiger partial charge < -0.3 is 15.7 Å². The Morgan fingerprint density at radius 3 is 2.53 bits per heavy atom. The van der Waals surface area contributed by atoms with Crippen LogP contribution in [0.5, 0.6) is 0 Å². The van der Waals surface area contributed by atoms with E-state index in [1.807, 2.05) is 6.92 Å². The molecule has 2 aromatic rings. The highest BCUT2D eigenvalue weighted by Gasteiger charge is 2.30. The number of aliphatic imine (C=N–C) groups is 1. The zero-order valence-electron chi connectivity index (χ0n) is 17.8. The van der Waals surface area contributed by atoms with Crippen molar-refractivity contribution >= 4 is 29.9 Å². The van der Waals surface area contributed by atoms with Gasteiger partial charge in [0.05, 0.1) is 18.2 Å². The maximum Gasteiger partial charge on any atom is 0.416 e. The van der Waals surface area contributed by atoms with Crippen LogP contribution in [0.25, 0.3) is 0 Å². The number of benzene rings is 1. The molecule has 0 amide bonds. The number of aliphatic hydroxyl groups excluding tert-OH is 1. The van der Waals surface area contributed by atoms with Crippen molar-refractivity contribution in [1.82, 2.24) is 20.5 Å². The number of halogens is 4. The normalized spacial score (nSPS) is 18.2. The third kappa shape index (κ3) is 7.89. The molecule has 0 saturated carbocycles. The largest absolute Gasteiger partial charge is 0.416 e. The maximum absolute atomic E-state index is 12.7. The Kier molecular flexibility index (Phi) is 10.2. The molecule has 1 aromatic heterocycles. The van der Waals surface area contributed by atoms with Crippen LogP contribution in [0.15, 0.2) is 53.8 Å². The minimum Gasteiger partial charge on any atom is -0.386 e. The first-order chi connectivity index (χ1) is 14.8. The van der Waals surface area contributed by atoms with Crippen molar-refractivity contribution in [1.29, 1.82) is 0 Å². The van der Waals surface area contributed by atoms with Crippen molar-refractivity contribution in [2.75, 3.05) is 26.2 Å². The lowest BCUT2D eigenvalue weighted by atomic mass is 10.1. The molecule has 2 unspecified atom stereocenters. The summed E-state index contributed by atoms with van der Waals surface area (Å²) in [4.78, 5) is 10.6. The number of aromatic nitrogens is 1. The van der Waals surface area contributed by atoms with Crippen molar-refractivity contribution in [3.8, 4) is 0 Å². The standard InChI is InChI=1S/C22H28F3N5O.HI/c1-2-27-21(28-13-20(31)17-7-10-26-11-8-17)29-19-9-12-30(15-19)14-16-3-5-18(6-4-16)22(23,24)25;/h3-8,10-11,19-20,31H,2,9,12-15H2,1H3,(H2,27,28,29);1H. The molecule has 0 aliphatic carbocycles. The molecule has 6 nitrogen and oxygen atoms in total. The molecule has 2 heterocycles. The second kappa shape index (κ2) is 12.4. The Hall–Kier alpha value is -1.92. The van der Waals surface area contributed by atoms with Gasteiger partial charge in [-0.25, -0.2) is 0 Å². The van der Waals surface area contributed by atoms with E-state index >= 15 is 0 Å². The van der Waals surface area contributed by atoms with Gasteiger partial charge in [0.15, 0.2) is 5.96 Å². The van der Waals surface area contributed by atoms with Crippen LogP contribution < -0.4 is 10.6 Å². The van der Waals surface area contributed by atoms with Crippen molar-refractivity contribution in [2.24, 2.45) is 4.99 Å². The first-order valence-corrected chi connectivity index (χ1v) is 10.4. The van der Waals surface area contributed by atoms with Crippen LogP contribution in [-0.4, -0.2) is 53.2 Å². The Bertz CT molecular complexity index is 849. The SMILES string of the molecule is CCNC(=NCC(O)c1ccncc1)NC1CCN(Cc2ccc(C(F)(F)F)cc2)C1.I.